The third kappa shape index (κ3) is 3.85. The molecule has 0 bridgehead atoms. The number of nitrogens with zero attached hydrogens (tertiary/aromatic N) is 1. The summed E-state index contributed by atoms with van der Waals surface area (Å²) in [6, 6.07) is 22.8. The Morgan fingerprint density at radius 1 is 0.867 bits per heavy atom. The summed E-state index contributed by atoms with van der Waals surface area (Å²) >= 11 is 0. The third-order valence-electron chi connectivity index (χ3n) is 5.36. The lowest BCUT2D eigenvalue weighted by Gasteiger charge is -2.19. The smallest absolute Gasteiger partial charge is 0.261 e. The number of benzene rings is 3. The van der Waals surface area contributed by atoms with Crippen LogP contribution in [0.15, 0.2) is 83.9 Å². The minimum absolute atomic E-state index is 0.0259. The molecule has 154 valence electrons. The summed E-state index contributed by atoms with van der Waals surface area (Å²) in [5.41, 5.74) is 4.84. The zero-order valence-corrected chi connectivity index (χ0v) is 18.5. The highest BCUT2D eigenvalue weighted by Gasteiger charge is 2.18. The van der Waals surface area contributed by atoms with Crippen molar-refractivity contribution >= 4 is 26.6 Å². The van der Waals surface area contributed by atoms with Gasteiger partial charge in [0.2, 0.25) is 0 Å². The molecule has 0 atom stereocenters. The summed E-state index contributed by atoms with van der Waals surface area (Å²) in [6.07, 6.45) is 2.07. The van der Waals surface area contributed by atoms with Crippen molar-refractivity contribution < 1.29 is 8.42 Å². The Morgan fingerprint density at radius 2 is 1.53 bits per heavy atom. The molecule has 1 heterocycles. The molecule has 0 saturated carbocycles. The molecular formula is C25H26N2O2S. The quantitative estimate of drug-likeness (QED) is 0.446. The van der Waals surface area contributed by atoms with Gasteiger partial charge in [-0.2, -0.15) is 0 Å². The normalized spacial score (nSPS) is 12.3. The van der Waals surface area contributed by atoms with Gasteiger partial charge in [0, 0.05) is 35.4 Å². The first kappa shape index (κ1) is 20.2. The molecule has 0 saturated heterocycles. The lowest BCUT2D eigenvalue weighted by Crippen LogP contribution is -2.14. The molecule has 0 aliphatic heterocycles. The topological polar surface area (TPSA) is 51.1 Å². The molecule has 0 fully saturated rings. The highest BCUT2D eigenvalue weighted by Crippen LogP contribution is 2.32. The predicted molar refractivity (Wildman–Crippen MR) is 124 cm³/mol. The van der Waals surface area contributed by atoms with E-state index in [1.807, 2.05) is 49.5 Å². The molecule has 0 radical (unpaired) electrons. The first-order valence-electron chi connectivity index (χ1n) is 9.93. The highest BCUT2D eigenvalue weighted by atomic mass is 32.2. The maximum atomic E-state index is 12.9. The second kappa shape index (κ2) is 7.33. The van der Waals surface area contributed by atoms with Crippen LogP contribution in [-0.4, -0.2) is 13.0 Å². The van der Waals surface area contributed by atoms with Gasteiger partial charge in [0.25, 0.3) is 10.0 Å². The van der Waals surface area contributed by atoms with Crippen LogP contribution in [0.4, 0.5) is 5.69 Å². The summed E-state index contributed by atoms with van der Waals surface area (Å²) in [5.74, 6) is 0. The van der Waals surface area contributed by atoms with Crippen LogP contribution >= 0.6 is 0 Å². The van der Waals surface area contributed by atoms with Gasteiger partial charge < -0.3 is 4.57 Å². The van der Waals surface area contributed by atoms with Gasteiger partial charge >= 0.3 is 0 Å². The molecule has 4 aromatic rings. The average molecular weight is 419 g/mol. The van der Waals surface area contributed by atoms with E-state index in [0.717, 1.165) is 27.6 Å². The lowest BCUT2D eigenvalue weighted by atomic mass is 9.87. The minimum atomic E-state index is -3.67. The van der Waals surface area contributed by atoms with Crippen molar-refractivity contribution in [3.05, 3.63) is 84.6 Å². The summed E-state index contributed by atoms with van der Waals surface area (Å²) in [7, 11) is -1.68. The molecule has 0 spiro atoms. The standard InChI is InChI=1S/C25H26N2O2S/c1-25(2,3)19-10-13-21(14-11-19)30(28,29)26-20-12-15-24-22(16-20)23(17-27(24)4)18-8-6-5-7-9-18/h5-17,26H,1-4H3. The molecule has 0 aliphatic rings. The Bertz CT molecular complexity index is 1300. The number of aryl methyl sites for hydroxylation is 1. The molecule has 1 aromatic heterocycles. The van der Waals surface area contributed by atoms with E-state index >= 15 is 0 Å². The molecule has 4 nitrogen and oxygen atoms in total. The van der Waals surface area contributed by atoms with E-state index in [0.29, 0.717) is 5.69 Å². The second-order valence-electron chi connectivity index (χ2n) is 8.63. The molecule has 1 N–H and O–H groups in total. The van der Waals surface area contributed by atoms with Gasteiger partial charge in [-0.25, -0.2) is 8.42 Å². The fourth-order valence-electron chi connectivity index (χ4n) is 3.65. The van der Waals surface area contributed by atoms with Gasteiger partial charge in [-0.1, -0.05) is 63.2 Å². The molecular weight excluding hydrogens is 392 g/mol. The van der Waals surface area contributed by atoms with Gasteiger partial charge in [0.1, 0.15) is 0 Å². The maximum Gasteiger partial charge on any atom is 0.261 e. The number of nitrogens with one attached hydrogen (secondary N) is 1. The van der Waals surface area contributed by atoms with Gasteiger partial charge in [-0.3, -0.25) is 4.72 Å². The van der Waals surface area contributed by atoms with E-state index in [-0.39, 0.29) is 10.3 Å². The number of anilines is 1. The number of rotatable bonds is 4. The number of sulfonamides is 1. The van der Waals surface area contributed by atoms with Crippen LogP contribution in [0.2, 0.25) is 0 Å². The van der Waals surface area contributed by atoms with Crippen molar-refractivity contribution in [2.75, 3.05) is 4.72 Å². The van der Waals surface area contributed by atoms with Crippen molar-refractivity contribution in [1.29, 1.82) is 0 Å². The largest absolute Gasteiger partial charge is 0.350 e. The predicted octanol–water partition coefficient (Wildman–Crippen LogP) is 5.94. The van der Waals surface area contributed by atoms with Crippen LogP contribution in [0.5, 0.6) is 0 Å². The number of hydrogen-bond donors (Lipinski definition) is 1. The molecule has 0 amide bonds. The average Bonchev–Trinajstić information content (AvgIpc) is 3.04. The van der Waals surface area contributed by atoms with E-state index < -0.39 is 10.0 Å². The van der Waals surface area contributed by atoms with Crippen molar-refractivity contribution in [2.24, 2.45) is 7.05 Å². The van der Waals surface area contributed by atoms with Gasteiger partial charge in [-0.05, 0) is 46.9 Å². The zero-order valence-electron chi connectivity index (χ0n) is 17.7. The third-order valence-corrected chi connectivity index (χ3v) is 6.75. The minimum Gasteiger partial charge on any atom is -0.350 e. The van der Waals surface area contributed by atoms with Crippen molar-refractivity contribution in [1.82, 2.24) is 4.57 Å². The van der Waals surface area contributed by atoms with Crippen molar-refractivity contribution in [3.63, 3.8) is 0 Å². The van der Waals surface area contributed by atoms with E-state index in [4.69, 9.17) is 0 Å². The SMILES string of the molecule is Cn1cc(-c2ccccc2)c2cc(NS(=O)(=O)c3ccc(C(C)(C)C)cc3)ccc21. The number of hydrogen-bond acceptors (Lipinski definition) is 2. The summed E-state index contributed by atoms with van der Waals surface area (Å²) in [6.45, 7) is 6.32. The second-order valence-corrected chi connectivity index (χ2v) is 10.3. The Morgan fingerprint density at radius 3 is 2.17 bits per heavy atom. The van der Waals surface area contributed by atoms with Crippen LogP contribution < -0.4 is 4.72 Å². The van der Waals surface area contributed by atoms with Gasteiger partial charge in [-0.15, -0.1) is 0 Å². The summed E-state index contributed by atoms with van der Waals surface area (Å²) in [5, 5.41) is 1.01. The molecule has 0 aliphatic carbocycles. The van der Waals surface area contributed by atoms with Gasteiger partial charge in [0.05, 0.1) is 4.90 Å². The summed E-state index contributed by atoms with van der Waals surface area (Å²) in [4.78, 5) is 0.256. The fourth-order valence-corrected chi connectivity index (χ4v) is 4.70. The maximum absolute atomic E-state index is 12.9. The molecule has 5 heteroatoms. The first-order chi connectivity index (χ1) is 14.1. The lowest BCUT2D eigenvalue weighted by molar-refractivity contribution is 0.587. The fraction of sp³-hybridized carbons (Fsp3) is 0.200. The zero-order chi connectivity index (χ0) is 21.5. The number of aromatic nitrogens is 1. The van der Waals surface area contributed by atoms with Crippen LogP contribution in [0.1, 0.15) is 26.3 Å². The van der Waals surface area contributed by atoms with Crippen LogP contribution in [-0.2, 0) is 22.5 Å². The summed E-state index contributed by atoms with van der Waals surface area (Å²) < 4.78 is 30.7. The van der Waals surface area contributed by atoms with Crippen LogP contribution in [0.25, 0.3) is 22.0 Å². The van der Waals surface area contributed by atoms with Gasteiger partial charge in [0.15, 0.2) is 0 Å². The molecule has 0 unspecified atom stereocenters. The number of fused-ring (bicyclic) bond motifs is 1. The van der Waals surface area contributed by atoms with E-state index in [9.17, 15) is 8.42 Å². The van der Waals surface area contributed by atoms with E-state index in [2.05, 4.69) is 48.4 Å². The van der Waals surface area contributed by atoms with E-state index in [1.165, 1.54) is 0 Å². The molecule has 30 heavy (non-hydrogen) atoms. The Kier molecular flexibility index (Phi) is 4.94. The highest BCUT2D eigenvalue weighted by molar-refractivity contribution is 7.92. The van der Waals surface area contributed by atoms with E-state index in [1.54, 1.807) is 18.2 Å². The van der Waals surface area contributed by atoms with Crippen molar-refractivity contribution in [2.45, 2.75) is 31.1 Å². The Balaban J connectivity index is 1.70. The monoisotopic (exact) mass is 418 g/mol. The Labute approximate surface area is 178 Å². The molecule has 4 rings (SSSR count). The first-order valence-corrected chi connectivity index (χ1v) is 11.4. The van der Waals surface area contributed by atoms with Crippen LogP contribution in [0, 0.1) is 0 Å². The Hall–Kier alpha value is -3.05. The van der Waals surface area contributed by atoms with Crippen LogP contribution in [0.3, 0.4) is 0 Å². The van der Waals surface area contributed by atoms with Crippen molar-refractivity contribution in [3.8, 4) is 11.1 Å². The molecule has 3 aromatic carbocycles.